The van der Waals surface area contributed by atoms with Gasteiger partial charge in [-0.3, -0.25) is 4.84 Å². The third-order valence-corrected chi connectivity index (χ3v) is 4.02. The number of aliphatic imine (C=N–C) groups is 1. The third-order valence-electron chi connectivity index (χ3n) is 4.02. The van der Waals surface area contributed by atoms with E-state index in [0.717, 1.165) is 24.6 Å². The Bertz CT molecular complexity index is 469. The first-order valence-electron chi connectivity index (χ1n) is 8.57. The Hall–Kier alpha value is -1.59. The molecule has 0 spiro atoms. The fourth-order valence-corrected chi connectivity index (χ4v) is 2.80. The van der Waals surface area contributed by atoms with E-state index in [1.54, 1.807) is 5.06 Å². The zero-order valence-corrected chi connectivity index (χ0v) is 14.7. The molecule has 0 atom stereocenters. The normalized spacial score (nSPS) is 16.4. The van der Waals surface area contributed by atoms with Crippen molar-refractivity contribution < 1.29 is 4.84 Å². The summed E-state index contributed by atoms with van der Waals surface area (Å²) in [4.78, 5) is 15.0. The van der Waals surface area contributed by atoms with Gasteiger partial charge in [-0.1, -0.05) is 24.6 Å². The van der Waals surface area contributed by atoms with Crippen LogP contribution in [0.3, 0.4) is 0 Å². The van der Waals surface area contributed by atoms with Gasteiger partial charge in [-0.05, 0) is 44.5 Å². The van der Waals surface area contributed by atoms with E-state index in [4.69, 9.17) is 4.84 Å². The van der Waals surface area contributed by atoms with Crippen molar-refractivity contribution in [3.8, 4) is 0 Å². The molecule has 0 unspecified atom stereocenters. The molecule has 0 aliphatic carbocycles. The number of hydrogen-bond acceptors (Lipinski definition) is 3. The van der Waals surface area contributed by atoms with Crippen LogP contribution in [0.15, 0.2) is 35.3 Å². The summed E-state index contributed by atoms with van der Waals surface area (Å²) in [6, 6.07) is 9.97. The van der Waals surface area contributed by atoms with Crippen molar-refractivity contribution in [2.75, 3.05) is 47.4 Å². The van der Waals surface area contributed by atoms with Gasteiger partial charge in [-0.25, -0.2) is 10.1 Å². The van der Waals surface area contributed by atoms with Crippen LogP contribution in [0.2, 0.25) is 0 Å². The molecule has 0 bridgehead atoms. The highest BCUT2D eigenvalue weighted by Crippen LogP contribution is 2.12. The summed E-state index contributed by atoms with van der Waals surface area (Å²) in [5.41, 5.74) is 0.931. The van der Waals surface area contributed by atoms with E-state index >= 15 is 0 Å². The van der Waals surface area contributed by atoms with E-state index in [-0.39, 0.29) is 0 Å². The fourth-order valence-electron chi connectivity index (χ4n) is 2.80. The maximum absolute atomic E-state index is 5.86. The molecule has 5 nitrogen and oxygen atoms in total. The largest absolute Gasteiger partial charge is 0.347 e. The third kappa shape index (κ3) is 6.20. The van der Waals surface area contributed by atoms with E-state index in [0.29, 0.717) is 6.61 Å². The van der Waals surface area contributed by atoms with Crippen molar-refractivity contribution >= 4 is 11.6 Å². The predicted octanol–water partition coefficient (Wildman–Crippen LogP) is 2.98. The number of hydroxylamine groups is 2. The van der Waals surface area contributed by atoms with Crippen molar-refractivity contribution in [1.29, 1.82) is 0 Å². The lowest BCUT2D eigenvalue weighted by Gasteiger charge is -2.28. The van der Waals surface area contributed by atoms with Crippen molar-refractivity contribution in [3.63, 3.8) is 0 Å². The molecule has 128 valence electrons. The Balaban J connectivity index is 1.79. The van der Waals surface area contributed by atoms with Gasteiger partial charge in [0.1, 0.15) is 0 Å². The van der Waals surface area contributed by atoms with Crippen LogP contribution >= 0.6 is 0 Å². The number of guanidine groups is 1. The number of piperidine rings is 1. The molecule has 1 aromatic rings. The topological polar surface area (TPSA) is 31.3 Å². The summed E-state index contributed by atoms with van der Waals surface area (Å²) in [7, 11) is 5.88. The van der Waals surface area contributed by atoms with Gasteiger partial charge in [0.25, 0.3) is 0 Å². The van der Waals surface area contributed by atoms with Crippen LogP contribution in [-0.2, 0) is 4.84 Å². The van der Waals surface area contributed by atoms with Gasteiger partial charge in [-0.15, -0.1) is 0 Å². The maximum Gasteiger partial charge on any atom is 0.225 e. The van der Waals surface area contributed by atoms with Crippen molar-refractivity contribution in [1.82, 2.24) is 14.9 Å². The van der Waals surface area contributed by atoms with Crippen LogP contribution in [0.25, 0.3) is 0 Å². The zero-order chi connectivity index (χ0) is 16.5. The molecule has 0 radical (unpaired) electrons. The molecule has 1 fully saturated rings. The standard InChI is InChI=1S/C18H30N4O/c1-20(2)18(19-17-11-6-4-7-12-17)21(3)23-16-10-15-22-13-8-5-9-14-22/h4,6-7,11-12H,5,8-10,13-16H2,1-3H3/b19-18+. The molecular weight excluding hydrogens is 288 g/mol. The maximum atomic E-state index is 5.86. The Morgan fingerprint density at radius 3 is 2.43 bits per heavy atom. The summed E-state index contributed by atoms with van der Waals surface area (Å²) in [5.74, 6) is 0.800. The molecule has 1 aliphatic heterocycles. The molecule has 0 saturated carbocycles. The van der Waals surface area contributed by atoms with Gasteiger partial charge >= 0.3 is 0 Å². The Morgan fingerprint density at radius 1 is 1.09 bits per heavy atom. The smallest absolute Gasteiger partial charge is 0.225 e. The summed E-state index contributed by atoms with van der Waals surface area (Å²) in [5, 5.41) is 1.77. The lowest BCUT2D eigenvalue weighted by Crippen LogP contribution is -2.38. The van der Waals surface area contributed by atoms with Crippen molar-refractivity contribution in [2.24, 2.45) is 4.99 Å². The van der Waals surface area contributed by atoms with Crippen LogP contribution in [0.5, 0.6) is 0 Å². The molecule has 23 heavy (non-hydrogen) atoms. The number of benzene rings is 1. The van der Waals surface area contributed by atoms with Gasteiger partial charge < -0.3 is 9.80 Å². The highest BCUT2D eigenvalue weighted by molar-refractivity contribution is 5.81. The minimum absolute atomic E-state index is 0.717. The molecule has 1 aliphatic rings. The number of likely N-dealkylation sites (tertiary alicyclic amines) is 1. The first-order chi connectivity index (χ1) is 11.2. The molecule has 1 saturated heterocycles. The first-order valence-corrected chi connectivity index (χ1v) is 8.57. The lowest BCUT2D eigenvalue weighted by molar-refractivity contribution is -0.0894. The predicted molar refractivity (Wildman–Crippen MR) is 95.8 cm³/mol. The van der Waals surface area contributed by atoms with Gasteiger partial charge in [0.05, 0.1) is 12.3 Å². The summed E-state index contributed by atoms with van der Waals surface area (Å²) < 4.78 is 0. The van der Waals surface area contributed by atoms with Gasteiger partial charge in [0, 0.05) is 27.7 Å². The second-order valence-corrected chi connectivity index (χ2v) is 6.23. The highest BCUT2D eigenvalue weighted by Gasteiger charge is 2.12. The van der Waals surface area contributed by atoms with E-state index in [1.807, 2.05) is 56.4 Å². The average Bonchev–Trinajstić information content (AvgIpc) is 2.58. The molecule has 5 heteroatoms. The van der Waals surface area contributed by atoms with Crippen molar-refractivity contribution in [3.05, 3.63) is 30.3 Å². The molecular formula is C18H30N4O. The Kier molecular flexibility index (Phi) is 7.36. The van der Waals surface area contributed by atoms with E-state index in [2.05, 4.69) is 9.89 Å². The summed E-state index contributed by atoms with van der Waals surface area (Å²) in [6.45, 7) is 4.33. The molecule has 0 amide bonds. The minimum Gasteiger partial charge on any atom is -0.347 e. The fraction of sp³-hybridized carbons (Fsp3) is 0.611. The Labute approximate surface area is 140 Å². The van der Waals surface area contributed by atoms with E-state index < -0.39 is 0 Å². The SMILES string of the molecule is CN(C)/C(=N\c1ccccc1)N(C)OCCCN1CCCCC1. The van der Waals surface area contributed by atoms with Crippen LogP contribution in [0.1, 0.15) is 25.7 Å². The minimum atomic E-state index is 0.717. The van der Waals surface area contributed by atoms with Gasteiger partial charge in [0.2, 0.25) is 5.96 Å². The van der Waals surface area contributed by atoms with Gasteiger partial charge in [0.15, 0.2) is 0 Å². The molecule has 1 heterocycles. The quantitative estimate of drug-likeness (QED) is 0.349. The number of para-hydroxylation sites is 1. The molecule has 1 aromatic carbocycles. The second kappa shape index (κ2) is 9.53. The number of nitrogens with zero attached hydrogens (tertiary/aromatic N) is 4. The molecule has 0 aromatic heterocycles. The first kappa shape index (κ1) is 17.8. The summed E-state index contributed by atoms with van der Waals surface area (Å²) in [6.07, 6.45) is 5.12. The van der Waals surface area contributed by atoms with Crippen molar-refractivity contribution in [2.45, 2.75) is 25.7 Å². The van der Waals surface area contributed by atoms with Crippen LogP contribution < -0.4 is 0 Å². The number of hydrogen-bond donors (Lipinski definition) is 0. The van der Waals surface area contributed by atoms with Crippen LogP contribution in [0.4, 0.5) is 5.69 Å². The Morgan fingerprint density at radius 2 is 1.78 bits per heavy atom. The molecule has 0 N–H and O–H groups in total. The lowest BCUT2D eigenvalue weighted by atomic mass is 10.1. The van der Waals surface area contributed by atoms with E-state index in [9.17, 15) is 0 Å². The van der Waals surface area contributed by atoms with Gasteiger partial charge in [-0.2, -0.15) is 0 Å². The second-order valence-electron chi connectivity index (χ2n) is 6.23. The van der Waals surface area contributed by atoms with E-state index in [1.165, 1.54) is 32.4 Å². The van der Waals surface area contributed by atoms with Crippen LogP contribution in [0, 0.1) is 0 Å². The highest BCUT2D eigenvalue weighted by atomic mass is 16.7. The zero-order valence-electron chi connectivity index (χ0n) is 14.7. The molecule has 2 rings (SSSR count). The van der Waals surface area contributed by atoms with Crippen LogP contribution in [-0.4, -0.2) is 68.2 Å². The summed E-state index contributed by atoms with van der Waals surface area (Å²) >= 11 is 0. The number of rotatable bonds is 6. The monoisotopic (exact) mass is 318 g/mol. The average molecular weight is 318 g/mol.